The average molecular weight is 387 g/mol. The predicted octanol–water partition coefficient (Wildman–Crippen LogP) is 1.84. The van der Waals surface area contributed by atoms with Crippen LogP contribution in [0.5, 0.6) is 0 Å². The molecule has 9 heteroatoms. The SMILES string of the molecule is Cc1cccc2nc(C(=O)OCC(=O)Nc3cccc(S(C)(=O)=O)c3)cn12. The van der Waals surface area contributed by atoms with Gasteiger partial charge in [0.1, 0.15) is 5.65 Å². The van der Waals surface area contributed by atoms with E-state index in [1.54, 1.807) is 22.7 Å². The van der Waals surface area contributed by atoms with Gasteiger partial charge in [-0.15, -0.1) is 0 Å². The van der Waals surface area contributed by atoms with E-state index in [2.05, 4.69) is 10.3 Å². The van der Waals surface area contributed by atoms with Crippen LogP contribution in [0, 0.1) is 6.92 Å². The molecule has 0 fully saturated rings. The number of benzene rings is 1. The van der Waals surface area contributed by atoms with Crippen LogP contribution in [-0.4, -0.2) is 42.5 Å². The van der Waals surface area contributed by atoms with E-state index in [0.29, 0.717) is 11.3 Å². The molecule has 0 aliphatic heterocycles. The number of hydrogen-bond donors (Lipinski definition) is 1. The Bertz CT molecular complexity index is 1130. The van der Waals surface area contributed by atoms with E-state index in [-0.39, 0.29) is 10.6 Å². The van der Waals surface area contributed by atoms with E-state index in [4.69, 9.17) is 4.74 Å². The summed E-state index contributed by atoms with van der Waals surface area (Å²) in [7, 11) is -3.39. The molecule has 2 aromatic heterocycles. The summed E-state index contributed by atoms with van der Waals surface area (Å²) in [6.07, 6.45) is 2.62. The molecule has 3 rings (SSSR count). The van der Waals surface area contributed by atoms with Gasteiger partial charge >= 0.3 is 5.97 Å². The number of aromatic nitrogens is 2. The van der Waals surface area contributed by atoms with Gasteiger partial charge in [-0.25, -0.2) is 18.2 Å². The molecule has 0 atom stereocenters. The molecule has 0 unspecified atom stereocenters. The van der Waals surface area contributed by atoms with Crippen molar-refractivity contribution in [3.63, 3.8) is 0 Å². The first-order valence-electron chi connectivity index (χ1n) is 7.96. The van der Waals surface area contributed by atoms with Gasteiger partial charge in [0.15, 0.2) is 22.1 Å². The lowest BCUT2D eigenvalue weighted by Gasteiger charge is -2.07. The zero-order valence-corrected chi connectivity index (χ0v) is 15.5. The summed E-state index contributed by atoms with van der Waals surface area (Å²) in [6.45, 7) is 1.36. The fourth-order valence-electron chi connectivity index (χ4n) is 2.45. The molecule has 0 bridgehead atoms. The number of sulfone groups is 1. The second kappa shape index (κ2) is 7.20. The molecule has 2 heterocycles. The number of aryl methyl sites for hydroxylation is 1. The number of carbonyl (C=O) groups is 2. The van der Waals surface area contributed by atoms with Crippen molar-refractivity contribution in [1.82, 2.24) is 9.38 Å². The monoisotopic (exact) mass is 387 g/mol. The summed E-state index contributed by atoms with van der Waals surface area (Å²) in [4.78, 5) is 28.3. The van der Waals surface area contributed by atoms with Gasteiger partial charge in [0.2, 0.25) is 0 Å². The molecular weight excluding hydrogens is 370 g/mol. The summed E-state index contributed by atoms with van der Waals surface area (Å²) in [5.41, 5.74) is 1.89. The molecule has 0 saturated heterocycles. The maximum atomic E-state index is 12.1. The highest BCUT2D eigenvalue weighted by atomic mass is 32.2. The van der Waals surface area contributed by atoms with E-state index in [1.807, 2.05) is 19.1 Å². The van der Waals surface area contributed by atoms with Crippen LogP contribution >= 0.6 is 0 Å². The van der Waals surface area contributed by atoms with Crippen molar-refractivity contribution in [1.29, 1.82) is 0 Å². The summed E-state index contributed by atoms with van der Waals surface area (Å²) in [5, 5.41) is 2.49. The first kappa shape index (κ1) is 18.6. The minimum atomic E-state index is -3.39. The Morgan fingerprint density at radius 3 is 2.63 bits per heavy atom. The van der Waals surface area contributed by atoms with Crippen LogP contribution in [-0.2, 0) is 19.4 Å². The van der Waals surface area contributed by atoms with Crippen molar-refractivity contribution in [2.45, 2.75) is 11.8 Å². The first-order chi connectivity index (χ1) is 12.7. The third-order valence-electron chi connectivity index (χ3n) is 3.79. The van der Waals surface area contributed by atoms with Gasteiger partial charge in [0.05, 0.1) is 4.90 Å². The number of amides is 1. The number of nitrogens with zero attached hydrogens (tertiary/aromatic N) is 2. The third-order valence-corrected chi connectivity index (χ3v) is 4.90. The van der Waals surface area contributed by atoms with Crippen LogP contribution in [0.2, 0.25) is 0 Å². The Kier molecular flexibility index (Phi) is 4.95. The van der Waals surface area contributed by atoms with Gasteiger partial charge in [0.25, 0.3) is 5.91 Å². The van der Waals surface area contributed by atoms with Gasteiger partial charge in [0, 0.05) is 23.8 Å². The summed E-state index contributed by atoms with van der Waals surface area (Å²) < 4.78 is 29.8. The number of nitrogens with one attached hydrogen (secondary N) is 1. The molecule has 0 radical (unpaired) electrons. The maximum Gasteiger partial charge on any atom is 0.359 e. The van der Waals surface area contributed by atoms with Crippen LogP contribution < -0.4 is 5.32 Å². The van der Waals surface area contributed by atoms with Gasteiger partial charge in [-0.3, -0.25) is 4.79 Å². The van der Waals surface area contributed by atoms with Crippen molar-refractivity contribution in [2.75, 3.05) is 18.2 Å². The molecule has 27 heavy (non-hydrogen) atoms. The fourth-order valence-corrected chi connectivity index (χ4v) is 3.12. The van der Waals surface area contributed by atoms with Crippen molar-refractivity contribution in [3.8, 4) is 0 Å². The Hall–Kier alpha value is -3.20. The molecule has 140 valence electrons. The predicted molar refractivity (Wildman–Crippen MR) is 98.4 cm³/mol. The van der Waals surface area contributed by atoms with Crippen LogP contribution in [0.3, 0.4) is 0 Å². The number of fused-ring (bicyclic) bond motifs is 1. The molecule has 0 aliphatic rings. The Labute approximate surface area is 155 Å². The topological polar surface area (TPSA) is 107 Å². The van der Waals surface area contributed by atoms with Crippen molar-refractivity contribution >= 4 is 33.0 Å². The first-order valence-corrected chi connectivity index (χ1v) is 9.85. The van der Waals surface area contributed by atoms with Crippen molar-refractivity contribution in [3.05, 3.63) is 60.0 Å². The number of pyridine rings is 1. The lowest BCUT2D eigenvalue weighted by Crippen LogP contribution is -2.21. The van der Waals surface area contributed by atoms with Crippen LogP contribution in [0.15, 0.2) is 53.6 Å². The largest absolute Gasteiger partial charge is 0.451 e. The molecule has 0 saturated carbocycles. The Morgan fingerprint density at radius 1 is 1.19 bits per heavy atom. The minimum absolute atomic E-state index is 0.0809. The van der Waals surface area contributed by atoms with Crippen LogP contribution in [0.4, 0.5) is 5.69 Å². The lowest BCUT2D eigenvalue weighted by atomic mass is 10.3. The highest BCUT2D eigenvalue weighted by Crippen LogP contribution is 2.15. The highest BCUT2D eigenvalue weighted by molar-refractivity contribution is 7.90. The number of imidazole rings is 1. The number of esters is 1. The summed E-state index contributed by atoms with van der Waals surface area (Å²) in [6, 6.07) is 11.3. The van der Waals surface area contributed by atoms with E-state index in [1.165, 1.54) is 18.2 Å². The molecule has 1 N–H and O–H groups in total. The normalized spacial score (nSPS) is 11.3. The average Bonchev–Trinajstić information content (AvgIpc) is 3.05. The van der Waals surface area contributed by atoms with E-state index in [0.717, 1.165) is 11.9 Å². The molecule has 0 spiro atoms. The minimum Gasteiger partial charge on any atom is -0.451 e. The molecule has 1 amide bonds. The highest BCUT2D eigenvalue weighted by Gasteiger charge is 2.15. The quantitative estimate of drug-likeness (QED) is 0.670. The number of rotatable bonds is 5. The van der Waals surface area contributed by atoms with Crippen molar-refractivity contribution < 1.29 is 22.7 Å². The standard InChI is InChI=1S/C18H17N3O5S/c1-12-5-3-8-16-20-15(10-21(12)16)18(23)26-11-17(22)19-13-6-4-7-14(9-13)27(2,24)25/h3-10H,11H2,1-2H3,(H,19,22). The second-order valence-electron chi connectivity index (χ2n) is 5.95. The zero-order valence-electron chi connectivity index (χ0n) is 14.7. The molecular formula is C18H17N3O5S. The smallest absolute Gasteiger partial charge is 0.359 e. The van der Waals surface area contributed by atoms with Crippen LogP contribution in [0.25, 0.3) is 5.65 Å². The van der Waals surface area contributed by atoms with E-state index in [9.17, 15) is 18.0 Å². The summed E-state index contributed by atoms with van der Waals surface area (Å²) >= 11 is 0. The summed E-state index contributed by atoms with van der Waals surface area (Å²) in [5.74, 6) is -1.31. The van der Waals surface area contributed by atoms with Gasteiger partial charge in [-0.2, -0.15) is 0 Å². The van der Waals surface area contributed by atoms with Gasteiger partial charge < -0.3 is 14.5 Å². The van der Waals surface area contributed by atoms with E-state index >= 15 is 0 Å². The van der Waals surface area contributed by atoms with Crippen LogP contribution in [0.1, 0.15) is 16.2 Å². The van der Waals surface area contributed by atoms with Gasteiger partial charge in [-0.1, -0.05) is 12.1 Å². The fraction of sp³-hybridized carbons (Fsp3) is 0.167. The number of anilines is 1. The molecule has 1 aromatic carbocycles. The number of ether oxygens (including phenoxy) is 1. The molecule has 0 aliphatic carbocycles. The number of carbonyl (C=O) groups excluding carboxylic acids is 2. The Morgan fingerprint density at radius 2 is 1.93 bits per heavy atom. The number of hydrogen-bond acceptors (Lipinski definition) is 6. The third kappa shape index (κ3) is 4.32. The zero-order chi connectivity index (χ0) is 19.6. The molecule has 8 nitrogen and oxygen atoms in total. The van der Waals surface area contributed by atoms with Crippen molar-refractivity contribution in [2.24, 2.45) is 0 Å². The maximum absolute atomic E-state index is 12.1. The molecule has 3 aromatic rings. The van der Waals surface area contributed by atoms with E-state index < -0.39 is 28.3 Å². The second-order valence-corrected chi connectivity index (χ2v) is 7.96. The lowest BCUT2D eigenvalue weighted by molar-refractivity contribution is -0.119. The Balaban J connectivity index is 1.63. The van der Waals surface area contributed by atoms with Gasteiger partial charge in [-0.05, 0) is 37.3 Å².